The molecule has 0 saturated carbocycles. The minimum absolute atomic E-state index is 0.0355. The number of thioether (sulfide) groups is 1. The van der Waals surface area contributed by atoms with Crippen LogP contribution in [0.1, 0.15) is 26.4 Å². The number of benzene rings is 2. The Bertz CT molecular complexity index is 975. The maximum atomic E-state index is 12.8. The van der Waals surface area contributed by atoms with Gasteiger partial charge in [-0.3, -0.25) is 4.79 Å². The van der Waals surface area contributed by atoms with E-state index in [-0.39, 0.29) is 17.4 Å². The quantitative estimate of drug-likeness (QED) is 0.695. The first-order valence-corrected chi connectivity index (χ1v) is 9.25. The van der Waals surface area contributed by atoms with Crippen molar-refractivity contribution in [1.29, 1.82) is 0 Å². The minimum atomic E-state index is -0.659. The number of rotatable bonds is 5. The van der Waals surface area contributed by atoms with Crippen LogP contribution >= 0.6 is 11.8 Å². The first-order chi connectivity index (χ1) is 12.7. The Morgan fingerprint density at radius 3 is 2.54 bits per heavy atom. The summed E-state index contributed by atoms with van der Waals surface area (Å²) < 4.78 is 4.68. The summed E-state index contributed by atoms with van der Waals surface area (Å²) >= 11 is 1.72. The molecule has 26 heavy (non-hydrogen) atoms. The summed E-state index contributed by atoms with van der Waals surface area (Å²) in [6.45, 7) is 0. The highest BCUT2D eigenvalue weighted by Gasteiger charge is 2.19. The number of esters is 1. The predicted octanol–water partition coefficient (Wildman–Crippen LogP) is 3.53. The van der Waals surface area contributed by atoms with Crippen LogP contribution in [0, 0.1) is 0 Å². The second-order valence-corrected chi connectivity index (χ2v) is 6.32. The summed E-state index contributed by atoms with van der Waals surface area (Å²) in [4.78, 5) is 32.6. The number of ether oxygens (including phenoxy) is 1. The van der Waals surface area contributed by atoms with Crippen LogP contribution < -0.4 is 5.32 Å². The number of hydrogen-bond donors (Lipinski definition) is 1. The molecule has 3 rings (SSSR count). The van der Waals surface area contributed by atoms with Crippen molar-refractivity contribution in [3.8, 4) is 0 Å². The second kappa shape index (κ2) is 7.97. The lowest BCUT2D eigenvalue weighted by Crippen LogP contribution is -2.18. The lowest BCUT2D eigenvalue weighted by molar-refractivity contribution is 0.0595. The van der Waals surface area contributed by atoms with Crippen LogP contribution in [-0.4, -0.2) is 35.2 Å². The number of hydrogen-bond acceptors (Lipinski definition) is 6. The average Bonchev–Trinajstić information content (AvgIpc) is 2.68. The van der Waals surface area contributed by atoms with E-state index >= 15 is 0 Å². The van der Waals surface area contributed by atoms with Crippen molar-refractivity contribution in [1.82, 2.24) is 9.97 Å². The SMILES string of the molecule is COC(=O)c1nccnc1NC(=O)c1ccc(CSC)c2ccccc12. The molecule has 7 heteroatoms. The van der Waals surface area contributed by atoms with Gasteiger partial charge in [0.2, 0.25) is 0 Å². The molecule has 0 atom stereocenters. The number of nitrogens with one attached hydrogen (secondary N) is 1. The number of carbonyl (C=O) groups is 2. The smallest absolute Gasteiger partial charge is 0.360 e. The maximum Gasteiger partial charge on any atom is 0.360 e. The molecule has 1 heterocycles. The van der Waals surface area contributed by atoms with Gasteiger partial charge in [0, 0.05) is 23.7 Å². The normalized spacial score (nSPS) is 10.5. The number of aromatic nitrogens is 2. The summed E-state index contributed by atoms with van der Waals surface area (Å²) in [5.74, 6) is -0.0863. The summed E-state index contributed by atoms with van der Waals surface area (Å²) in [6, 6.07) is 11.5. The standard InChI is InChI=1S/C19H17N3O3S/c1-25-19(24)16-17(21-10-9-20-16)22-18(23)15-8-7-12(11-26-2)13-5-3-4-6-14(13)15/h3-10H,11H2,1-2H3,(H,21,22,23). The van der Waals surface area contributed by atoms with E-state index in [1.807, 2.05) is 36.6 Å². The molecule has 0 bridgehead atoms. The van der Waals surface area contributed by atoms with E-state index in [1.54, 1.807) is 17.8 Å². The third-order valence-electron chi connectivity index (χ3n) is 3.87. The molecular formula is C19H17N3O3S. The van der Waals surface area contributed by atoms with Crippen LogP contribution in [0.5, 0.6) is 0 Å². The number of nitrogens with zero attached hydrogens (tertiary/aromatic N) is 2. The highest BCUT2D eigenvalue weighted by Crippen LogP contribution is 2.26. The number of fused-ring (bicyclic) bond motifs is 1. The lowest BCUT2D eigenvalue weighted by atomic mass is 10.00. The Morgan fingerprint density at radius 1 is 1.08 bits per heavy atom. The Morgan fingerprint density at radius 2 is 1.81 bits per heavy atom. The number of carbonyl (C=O) groups excluding carboxylic acids is 2. The van der Waals surface area contributed by atoms with Gasteiger partial charge in [-0.25, -0.2) is 14.8 Å². The van der Waals surface area contributed by atoms with E-state index in [4.69, 9.17) is 0 Å². The zero-order valence-corrected chi connectivity index (χ0v) is 15.2. The Kier molecular flexibility index (Phi) is 5.48. The van der Waals surface area contributed by atoms with E-state index in [0.29, 0.717) is 5.56 Å². The van der Waals surface area contributed by atoms with Crippen LogP contribution in [0.2, 0.25) is 0 Å². The topological polar surface area (TPSA) is 81.2 Å². The van der Waals surface area contributed by atoms with Crippen molar-refractivity contribution in [3.05, 3.63) is 65.6 Å². The van der Waals surface area contributed by atoms with E-state index < -0.39 is 5.97 Å². The third-order valence-corrected chi connectivity index (χ3v) is 4.47. The molecule has 0 fully saturated rings. The Balaban J connectivity index is 2.00. The van der Waals surface area contributed by atoms with Crippen molar-refractivity contribution in [2.75, 3.05) is 18.7 Å². The first kappa shape index (κ1) is 17.9. The zero-order chi connectivity index (χ0) is 18.5. The van der Waals surface area contributed by atoms with Crippen LogP contribution in [-0.2, 0) is 10.5 Å². The van der Waals surface area contributed by atoms with Crippen molar-refractivity contribution < 1.29 is 14.3 Å². The van der Waals surface area contributed by atoms with Crippen LogP contribution in [0.3, 0.4) is 0 Å². The van der Waals surface area contributed by atoms with Gasteiger partial charge < -0.3 is 10.1 Å². The number of anilines is 1. The second-order valence-electron chi connectivity index (χ2n) is 5.45. The van der Waals surface area contributed by atoms with Gasteiger partial charge >= 0.3 is 5.97 Å². The first-order valence-electron chi connectivity index (χ1n) is 7.86. The van der Waals surface area contributed by atoms with Gasteiger partial charge in [-0.15, -0.1) is 0 Å². The molecule has 0 spiro atoms. The predicted molar refractivity (Wildman–Crippen MR) is 102 cm³/mol. The van der Waals surface area contributed by atoms with Crippen LogP contribution in [0.25, 0.3) is 10.8 Å². The maximum absolute atomic E-state index is 12.8. The Labute approximate surface area is 155 Å². The van der Waals surface area contributed by atoms with Gasteiger partial charge in [-0.05, 0) is 28.7 Å². The minimum Gasteiger partial charge on any atom is -0.464 e. The fourth-order valence-corrected chi connectivity index (χ4v) is 3.25. The Hall–Kier alpha value is -2.93. The van der Waals surface area contributed by atoms with Gasteiger partial charge in [0.15, 0.2) is 11.5 Å². The molecule has 0 aliphatic carbocycles. The molecule has 132 valence electrons. The van der Waals surface area contributed by atoms with Crippen molar-refractivity contribution in [3.63, 3.8) is 0 Å². The molecule has 0 unspecified atom stereocenters. The zero-order valence-electron chi connectivity index (χ0n) is 14.4. The fourth-order valence-electron chi connectivity index (χ4n) is 2.69. The van der Waals surface area contributed by atoms with Gasteiger partial charge in [0.25, 0.3) is 5.91 Å². The van der Waals surface area contributed by atoms with Gasteiger partial charge in [-0.1, -0.05) is 30.3 Å². The molecule has 0 radical (unpaired) electrons. The van der Waals surface area contributed by atoms with Gasteiger partial charge in [0.1, 0.15) is 0 Å². The average molecular weight is 367 g/mol. The highest BCUT2D eigenvalue weighted by atomic mass is 32.2. The molecule has 0 aliphatic rings. The molecule has 1 aromatic heterocycles. The highest BCUT2D eigenvalue weighted by molar-refractivity contribution is 7.97. The van der Waals surface area contributed by atoms with Gasteiger partial charge in [-0.2, -0.15) is 11.8 Å². The summed E-state index contributed by atoms with van der Waals surface area (Å²) in [7, 11) is 1.25. The lowest BCUT2D eigenvalue weighted by Gasteiger charge is -2.12. The van der Waals surface area contributed by atoms with Crippen molar-refractivity contribution in [2.45, 2.75) is 5.75 Å². The van der Waals surface area contributed by atoms with Crippen molar-refractivity contribution in [2.24, 2.45) is 0 Å². The van der Waals surface area contributed by atoms with Crippen LogP contribution in [0.15, 0.2) is 48.8 Å². The molecule has 1 N–H and O–H groups in total. The van der Waals surface area contributed by atoms with E-state index in [0.717, 1.165) is 16.5 Å². The molecule has 0 saturated heterocycles. The monoisotopic (exact) mass is 367 g/mol. The van der Waals surface area contributed by atoms with E-state index in [2.05, 4.69) is 20.0 Å². The largest absolute Gasteiger partial charge is 0.464 e. The number of amides is 1. The van der Waals surface area contributed by atoms with Gasteiger partial charge in [0.05, 0.1) is 7.11 Å². The summed E-state index contributed by atoms with van der Waals surface area (Å²) in [5.41, 5.74) is 1.64. The summed E-state index contributed by atoms with van der Waals surface area (Å²) in [6.07, 6.45) is 4.81. The molecule has 0 aliphatic heterocycles. The van der Waals surface area contributed by atoms with Crippen molar-refractivity contribution >= 4 is 40.2 Å². The molecule has 2 aromatic carbocycles. The molecule has 6 nitrogen and oxygen atoms in total. The summed E-state index contributed by atoms with van der Waals surface area (Å²) in [5, 5.41) is 4.54. The third kappa shape index (κ3) is 3.52. The fraction of sp³-hybridized carbons (Fsp3) is 0.158. The van der Waals surface area contributed by atoms with E-state index in [1.165, 1.54) is 25.1 Å². The van der Waals surface area contributed by atoms with Crippen LogP contribution in [0.4, 0.5) is 5.82 Å². The molecule has 1 amide bonds. The molecule has 3 aromatic rings. The van der Waals surface area contributed by atoms with E-state index in [9.17, 15) is 9.59 Å². The molecular weight excluding hydrogens is 350 g/mol. The number of methoxy groups -OCH3 is 1.